The molecule has 0 aromatic carbocycles. The minimum absolute atomic E-state index is 0.191. The molecule has 3 heteroatoms. The first-order chi connectivity index (χ1) is 7.41. The van der Waals surface area contributed by atoms with Gasteiger partial charge in [0.2, 0.25) is 5.91 Å². The quantitative estimate of drug-likeness (QED) is 0.751. The van der Waals surface area contributed by atoms with E-state index < -0.39 is 0 Å². The van der Waals surface area contributed by atoms with Crippen LogP contribution in [0.1, 0.15) is 40.5 Å². The molecule has 94 valence electrons. The molecular weight excluding hydrogens is 200 g/mol. The Labute approximate surface area is 99.4 Å². The molecule has 0 radical (unpaired) electrons. The zero-order valence-corrected chi connectivity index (χ0v) is 11.1. The molecule has 0 atom stereocenters. The second kappa shape index (κ2) is 5.17. The number of nitrogens with zero attached hydrogens (tertiary/aromatic N) is 1. The number of amides is 1. The maximum absolute atomic E-state index is 12.4. The van der Waals surface area contributed by atoms with Crippen molar-refractivity contribution in [3.05, 3.63) is 0 Å². The maximum Gasteiger partial charge on any atom is 0.230 e. The van der Waals surface area contributed by atoms with Crippen molar-refractivity contribution in [1.82, 2.24) is 4.90 Å². The first kappa shape index (κ1) is 13.5. The summed E-state index contributed by atoms with van der Waals surface area (Å²) in [5.74, 6) is 1.34. The second-order valence-electron chi connectivity index (χ2n) is 5.98. The number of hydrogen-bond acceptors (Lipinski definition) is 2. The molecule has 16 heavy (non-hydrogen) atoms. The van der Waals surface area contributed by atoms with E-state index in [1.165, 1.54) is 0 Å². The van der Waals surface area contributed by atoms with Crippen molar-refractivity contribution in [2.45, 2.75) is 40.5 Å². The van der Waals surface area contributed by atoms with Gasteiger partial charge in [-0.25, -0.2) is 0 Å². The Morgan fingerprint density at radius 3 is 1.88 bits per heavy atom. The van der Waals surface area contributed by atoms with Gasteiger partial charge in [0.15, 0.2) is 0 Å². The highest BCUT2D eigenvalue weighted by Gasteiger charge is 2.50. The van der Waals surface area contributed by atoms with Crippen LogP contribution in [0.2, 0.25) is 0 Å². The lowest BCUT2D eigenvalue weighted by atomic mass is 10.0. The third kappa shape index (κ3) is 3.21. The van der Waals surface area contributed by atoms with Gasteiger partial charge in [-0.2, -0.15) is 0 Å². The first-order valence-corrected chi connectivity index (χ1v) is 6.40. The highest BCUT2D eigenvalue weighted by atomic mass is 16.2. The molecule has 3 nitrogen and oxygen atoms in total. The molecule has 1 amide bonds. The SMILES string of the molecule is CC(C)CN(CC(C)C)C(=O)C1(CN)CC1. The summed E-state index contributed by atoms with van der Waals surface area (Å²) in [7, 11) is 0. The lowest BCUT2D eigenvalue weighted by Gasteiger charge is -2.29. The molecule has 0 bridgehead atoms. The van der Waals surface area contributed by atoms with E-state index >= 15 is 0 Å². The summed E-state index contributed by atoms with van der Waals surface area (Å²) >= 11 is 0. The predicted octanol–water partition coefficient (Wildman–Crippen LogP) is 1.87. The summed E-state index contributed by atoms with van der Waals surface area (Å²) in [6.45, 7) is 10.9. The summed E-state index contributed by atoms with van der Waals surface area (Å²) < 4.78 is 0. The normalized spacial score (nSPS) is 17.9. The molecule has 0 aromatic heterocycles. The minimum atomic E-state index is -0.191. The van der Waals surface area contributed by atoms with E-state index in [4.69, 9.17) is 5.73 Å². The lowest BCUT2D eigenvalue weighted by molar-refractivity contribution is -0.137. The summed E-state index contributed by atoms with van der Waals surface area (Å²) in [6.07, 6.45) is 1.96. The molecular formula is C13H26N2O. The topological polar surface area (TPSA) is 46.3 Å². The van der Waals surface area contributed by atoms with Crippen LogP contribution in [0.3, 0.4) is 0 Å². The highest BCUT2D eigenvalue weighted by molar-refractivity contribution is 5.85. The number of nitrogens with two attached hydrogens (primary N) is 1. The van der Waals surface area contributed by atoms with E-state index in [1.54, 1.807) is 0 Å². The number of rotatable bonds is 6. The molecule has 1 fully saturated rings. The summed E-state index contributed by atoms with van der Waals surface area (Å²) in [5, 5.41) is 0. The predicted molar refractivity (Wildman–Crippen MR) is 67.0 cm³/mol. The van der Waals surface area contributed by atoms with Gasteiger partial charge in [-0.1, -0.05) is 27.7 Å². The Kier molecular flexibility index (Phi) is 4.36. The lowest BCUT2D eigenvalue weighted by Crippen LogP contribution is -2.44. The molecule has 1 saturated carbocycles. The van der Waals surface area contributed by atoms with Crippen LogP contribution >= 0.6 is 0 Å². The Bertz CT molecular complexity index is 234. The van der Waals surface area contributed by atoms with Crippen LogP contribution in [0.5, 0.6) is 0 Å². The van der Waals surface area contributed by atoms with Gasteiger partial charge < -0.3 is 10.6 Å². The molecule has 0 aliphatic heterocycles. The van der Waals surface area contributed by atoms with Crippen molar-refractivity contribution in [1.29, 1.82) is 0 Å². The summed E-state index contributed by atoms with van der Waals surface area (Å²) in [4.78, 5) is 14.4. The van der Waals surface area contributed by atoms with Gasteiger partial charge in [0, 0.05) is 19.6 Å². The van der Waals surface area contributed by atoms with E-state index in [0.717, 1.165) is 25.9 Å². The van der Waals surface area contributed by atoms with Crippen LogP contribution in [0.15, 0.2) is 0 Å². The van der Waals surface area contributed by atoms with Crippen molar-refractivity contribution < 1.29 is 4.79 Å². The fourth-order valence-corrected chi connectivity index (χ4v) is 2.11. The van der Waals surface area contributed by atoms with Gasteiger partial charge in [0.05, 0.1) is 5.41 Å². The maximum atomic E-state index is 12.4. The van der Waals surface area contributed by atoms with E-state index in [0.29, 0.717) is 18.4 Å². The third-order valence-electron chi connectivity index (χ3n) is 3.16. The fraction of sp³-hybridized carbons (Fsp3) is 0.923. The molecule has 0 spiro atoms. The standard InChI is InChI=1S/C13H26N2O/c1-10(2)7-15(8-11(3)4)12(16)13(9-14)5-6-13/h10-11H,5-9,14H2,1-4H3. The fourth-order valence-electron chi connectivity index (χ4n) is 2.11. The Hall–Kier alpha value is -0.570. The molecule has 2 N–H and O–H groups in total. The summed E-state index contributed by atoms with van der Waals surface area (Å²) in [6, 6.07) is 0. The Morgan fingerprint density at radius 1 is 1.19 bits per heavy atom. The summed E-state index contributed by atoms with van der Waals surface area (Å²) in [5.41, 5.74) is 5.53. The van der Waals surface area contributed by atoms with Crippen LogP contribution < -0.4 is 5.73 Å². The Balaban J connectivity index is 2.64. The monoisotopic (exact) mass is 226 g/mol. The molecule has 0 unspecified atom stereocenters. The van der Waals surface area contributed by atoms with E-state index in [1.807, 2.05) is 4.90 Å². The largest absolute Gasteiger partial charge is 0.342 e. The molecule has 1 rings (SSSR count). The number of carbonyl (C=O) groups is 1. The van der Waals surface area contributed by atoms with Crippen LogP contribution in [-0.4, -0.2) is 30.4 Å². The second-order valence-corrected chi connectivity index (χ2v) is 5.98. The van der Waals surface area contributed by atoms with Gasteiger partial charge in [-0.15, -0.1) is 0 Å². The van der Waals surface area contributed by atoms with Gasteiger partial charge in [0.1, 0.15) is 0 Å². The van der Waals surface area contributed by atoms with Crippen LogP contribution in [0.25, 0.3) is 0 Å². The van der Waals surface area contributed by atoms with Crippen LogP contribution in [-0.2, 0) is 4.79 Å². The highest BCUT2D eigenvalue weighted by Crippen LogP contribution is 2.46. The van der Waals surface area contributed by atoms with E-state index in [2.05, 4.69) is 27.7 Å². The smallest absolute Gasteiger partial charge is 0.230 e. The van der Waals surface area contributed by atoms with Crippen molar-refractivity contribution in [3.8, 4) is 0 Å². The van der Waals surface area contributed by atoms with Gasteiger partial charge in [-0.05, 0) is 24.7 Å². The minimum Gasteiger partial charge on any atom is -0.342 e. The van der Waals surface area contributed by atoms with Crippen molar-refractivity contribution in [2.24, 2.45) is 23.0 Å². The van der Waals surface area contributed by atoms with Crippen molar-refractivity contribution in [2.75, 3.05) is 19.6 Å². The van der Waals surface area contributed by atoms with Crippen LogP contribution in [0.4, 0.5) is 0 Å². The molecule has 1 aliphatic carbocycles. The zero-order chi connectivity index (χ0) is 12.3. The van der Waals surface area contributed by atoms with Crippen molar-refractivity contribution >= 4 is 5.91 Å². The molecule has 1 aliphatic rings. The molecule has 0 heterocycles. The molecule has 0 aromatic rings. The van der Waals surface area contributed by atoms with Crippen LogP contribution in [0, 0.1) is 17.3 Å². The Morgan fingerprint density at radius 2 is 1.62 bits per heavy atom. The first-order valence-electron chi connectivity index (χ1n) is 6.40. The van der Waals surface area contributed by atoms with Gasteiger partial charge in [0.25, 0.3) is 0 Å². The van der Waals surface area contributed by atoms with Gasteiger partial charge in [-0.3, -0.25) is 4.79 Å². The van der Waals surface area contributed by atoms with Crippen molar-refractivity contribution in [3.63, 3.8) is 0 Å². The number of carbonyl (C=O) groups excluding carboxylic acids is 1. The average molecular weight is 226 g/mol. The number of hydrogen-bond donors (Lipinski definition) is 1. The zero-order valence-electron chi connectivity index (χ0n) is 11.1. The third-order valence-corrected chi connectivity index (χ3v) is 3.16. The van der Waals surface area contributed by atoms with E-state index in [-0.39, 0.29) is 11.3 Å². The van der Waals surface area contributed by atoms with Gasteiger partial charge >= 0.3 is 0 Å². The van der Waals surface area contributed by atoms with E-state index in [9.17, 15) is 4.79 Å². The molecule has 0 saturated heterocycles. The average Bonchev–Trinajstić information content (AvgIpc) is 2.94.